The molecule has 1 aliphatic rings. The summed E-state index contributed by atoms with van der Waals surface area (Å²) in [4.78, 5) is 21.5. The third-order valence-corrected chi connectivity index (χ3v) is 3.38. The monoisotopic (exact) mass is 285 g/mol. The van der Waals surface area contributed by atoms with E-state index in [1.165, 1.54) is 6.20 Å². The standard InChI is InChI=1S/C15H15N3O3/c1-10-11(14(19)20)9-16-15(17-10)18-7-4-8-21-13-6-3-2-5-12(13)18/h2-3,5-6,9H,4,7-8H2,1H3,(H,19,20). The van der Waals surface area contributed by atoms with Gasteiger partial charge in [0.15, 0.2) is 0 Å². The summed E-state index contributed by atoms with van der Waals surface area (Å²) in [5, 5.41) is 9.06. The number of nitrogens with zero attached hydrogens (tertiary/aromatic N) is 3. The van der Waals surface area contributed by atoms with E-state index in [4.69, 9.17) is 9.84 Å². The lowest BCUT2D eigenvalue weighted by atomic mass is 10.2. The van der Waals surface area contributed by atoms with Crippen LogP contribution in [0.5, 0.6) is 5.75 Å². The summed E-state index contributed by atoms with van der Waals surface area (Å²) in [6, 6.07) is 7.71. The van der Waals surface area contributed by atoms with Gasteiger partial charge in [0.2, 0.25) is 5.95 Å². The van der Waals surface area contributed by atoms with Crippen LogP contribution < -0.4 is 9.64 Å². The van der Waals surface area contributed by atoms with Gasteiger partial charge in [-0.2, -0.15) is 0 Å². The Morgan fingerprint density at radius 3 is 2.95 bits per heavy atom. The molecule has 21 heavy (non-hydrogen) atoms. The van der Waals surface area contributed by atoms with Gasteiger partial charge in [0.25, 0.3) is 0 Å². The molecular weight excluding hydrogens is 270 g/mol. The van der Waals surface area contributed by atoms with Crippen molar-refractivity contribution in [3.8, 4) is 5.75 Å². The summed E-state index contributed by atoms with van der Waals surface area (Å²) in [6.45, 7) is 3.04. The Hall–Kier alpha value is -2.63. The van der Waals surface area contributed by atoms with Gasteiger partial charge in [-0.3, -0.25) is 0 Å². The molecule has 1 N–H and O–H groups in total. The number of benzene rings is 1. The number of hydrogen-bond acceptors (Lipinski definition) is 5. The summed E-state index contributed by atoms with van der Waals surface area (Å²) >= 11 is 0. The zero-order chi connectivity index (χ0) is 14.8. The van der Waals surface area contributed by atoms with Crippen molar-refractivity contribution in [2.45, 2.75) is 13.3 Å². The van der Waals surface area contributed by atoms with Crippen LogP contribution in [-0.4, -0.2) is 34.2 Å². The summed E-state index contributed by atoms with van der Waals surface area (Å²) in [5.41, 5.74) is 1.48. The number of carboxylic acid groups (broad SMARTS) is 1. The second-order valence-corrected chi connectivity index (χ2v) is 4.80. The molecule has 0 fully saturated rings. The molecule has 6 nitrogen and oxygen atoms in total. The summed E-state index contributed by atoms with van der Waals surface area (Å²) < 4.78 is 5.70. The van der Waals surface area contributed by atoms with Crippen LogP contribution in [-0.2, 0) is 0 Å². The molecule has 0 atom stereocenters. The molecular formula is C15H15N3O3. The third kappa shape index (κ3) is 2.52. The summed E-state index contributed by atoms with van der Waals surface area (Å²) in [7, 11) is 0. The molecule has 0 aliphatic carbocycles. The van der Waals surface area contributed by atoms with E-state index in [0.717, 1.165) is 24.4 Å². The first-order chi connectivity index (χ1) is 10.2. The van der Waals surface area contributed by atoms with E-state index < -0.39 is 5.97 Å². The van der Waals surface area contributed by atoms with E-state index in [1.807, 2.05) is 29.2 Å². The van der Waals surface area contributed by atoms with E-state index in [1.54, 1.807) is 6.92 Å². The molecule has 2 aromatic rings. The van der Waals surface area contributed by atoms with Gasteiger partial charge in [0, 0.05) is 12.7 Å². The van der Waals surface area contributed by atoms with Gasteiger partial charge >= 0.3 is 5.97 Å². The number of aromatic nitrogens is 2. The van der Waals surface area contributed by atoms with Gasteiger partial charge in [0.05, 0.1) is 23.6 Å². The number of rotatable bonds is 2. The molecule has 108 valence electrons. The molecule has 0 radical (unpaired) electrons. The lowest BCUT2D eigenvalue weighted by molar-refractivity contribution is 0.0695. The van der Waals surface area contributed by atoms with Crippen molar-refractivity contribution in [3.05, 3.63) is 41.7 Å². The first-order valence-electron chi connectivity index (χ1n) is 6.73. The van der Waals surface area contributed by atoms with Gasteiger partial charge in [-0.05, 0) is 25.5 Å². The van der Waals surface area contributed by atoms with Crippen LogP contribution in [0.4, 0.5) is 11.6 Å². The van der Waals surface area contributed by atoms with Crippen LogP contribution in [0, 0.1) is 6.92 Å². The summed E-state index contributed by atoms with van der Waals surface area (Å²) in [6.07, 6.45) is 2.20. The third-order valence-electron chi connectivity index (χ3n) is 3.38. The highest BCUT2D eigenvalue weighted by Crippen LogP contribution is 2.34. The highest BCUT2D eigenvalue weighted by Gasteiger charge is 2.20. The van der Waals surface area contributed by atoms with E-state index in [-0.39, 0.29) is 5.56 Å². The number of carboxylic acids is 1. The maximum atomic E-state index is 11.0. The van der Waals surface area contributed by atoms with Crippen molar-refractivity contribution in [1.29, 1.82) is 0 Å². The minimum atomic E-state index is -1.02. The predicted molar refractivity (Wildman–Crippen MR) is 77.3 cm³/mol. The Balaban J connectivity index is 2.04. The van der Waals surface area contributed by atoms with Crippen molar-refractivity contribution in [3.63, 3.8) is 0 Å². The highest BCUT2D eigenvalue weighted by atomic mass is 16.5. The van der Waals surface area contributed by atoms with Gasteiger partial charge in [-0.1, -0.05) is 12.1 Å². The second kappa shape index (κ2) is 5.40. The second-order valence-electron chi connectivity index (χ2n) is 4.80. The van der Waals surface area contributed by atoms with Crippen molar-refractivity contribution in [2.75, 3.05) is 18.1 Å². The van der Waals surface area contributed by atoms with Crippen LogP contribution in [0.1, 0.15) is 22.5 Å². The number of carbonyl (C=O) groups is 1. The molecule has 1 aliphatic heterocycles. The van der Waals surface area contributed by atoms with Crippen LogP contribution in [0.25, 0.3) is 0 Å². The van der Waals surface area contributed by atoms with Gasteiger partial charge in [-0.25, -0.2) is 14.8 Å². The lowest BCUT2D eigenvalue weighted by Crippen LogP contribution is -2.21. The van der Waals surface area contributed by atoms with Crippen LogP contribution in [0.2, 0.25) is 0 Å². The molecule has 2 heterocycles. The highest BCUT2D eigenvalue weighted by molar-refractivity contribution is 5.88. The molecule has 1 aromatic heterocycles. The SMILES string of the molecule is Cc1nc(N2CCCOc3ccccc32)ncc1C(=O)O. The Morgan fingerprint density at radius 1 is 1.38 bits per heavy atom. The Labute approximate surface area is 122 Å². The molecule has 3 rings (SSSR count). The van der Waals surface area contributed by atoms with Crippen LogP contribution in [0.15, 0.2) is 30.5 Å². The molecule has 1 aromatic carbocycles. The minimum Gasteiger partial charge on any atom is -0.491 e. The maximum Gasteiger partial charge on any atom is 0.339 e. The van der Waals surface area contributed by atoms with Crippen molar-refractivity contribution in [1.82, 2.24) is 9.97 Å². The van der Waals surface area contributed by atoms with Gasteiger partial charge < -0.3 is 14.7 Å². The number of para-hydroxylation sites is 2. The van der Waals surface area contributed by atoms with E-state index in [2.05, 4.69) is 9.97 Å². The van der Waals surface area contributed by atoms with Crippen LogP contribution in [0.3, 0.4) is 0 Å². The molecule has 0 spiro atoms. The molecule has 0 bridgehead atoms. The van der Waals surface area contributed by atoms with E-state index in [9.17, 15) is 4.79 Å². The summed E-state index contributed by atoms with van der Waals surface area (Å²) in [5.74, 6) is 0.271. The number of hydrogen-bond donors (Lipinski definition) is 1. The molecule has 0 unspecified atom stereocenters. The molecule has 0 saturated heterocycles. The number of fused-ring (bicyclic) bond motifs is 1. The minimum absolute atomic E-state index is 0.123. The number of aryl methyl sites for hydroxylation is 1. The fraction of sp³-hybridized carbons (Fsp3) is 0.267. The van der Waals surface area contributed by atoms with Crippen molar-refractivity contribution >= 4 is 17.6 Å². The lowest BCUT2D eigenvalue weighted by Gasteiger charge is -2.21. The zero-order valence-electron chi connectivity index (χ0n) is 11.6. The molecule has 0 amide bonds. The van der Waals surface area contributed by atoms with Gasteiger partial charge in [0.1, 0.15) is 5.75 Å². The maximum absolute atomic E-state index is 11.0. The van der Waals surface area contributed by atoms with E-state index >= 15 is 0 Å². The number of aromatic carboxylic acids is 1. The molecule has 0 saturated carbocycles. The normalized spacial score (nSPS) is 14.0. The van der Waals surface area contributed by atoms with Crippen molar-refractivity contribution in [2.24, 2.45) is 0 Å². The first kappa shape index (κ1) is 13.4. The smallest absolute Gasteiger partial charge is 0.339 e. The fourth-order valence-corrected chi connectivity index (χ4v) is 2.33. The Kier molecular flexibility index (Phi) is 3.43. The zero-order valence-corrected chi connectivity index (χ0v) is 11.6. The molecule has 6 heteroatoms. The number of ether oxygens (including phenoxy) is 1. The number of anilines is 2. The first-order valence-corrected chi connectivity index (χ1v) is 6.73. The Morgan fingerprint density at radius 2 is 2.19 bits per heavy atom. The average molecular weight is 285 g/mol. The topological polar surface area (TPSA) is 75.5 Å². The average Bonchev–Trinajstić information content (AvgIpc) is 2.69. The Bertz CT molecular complexity index is 688. The predicted octanol–water partition coefficient (Wildman–Crippen LogP) is 2.40. The van der Waals surface area contributed by atoms with E-state index in [0.29, 0.717) is 18.2 Å². The quantitative estimate of drug-likeness (QED) is 0.913. The van der Waals surface area contributed by atoms with Crippen molar-refractivity contribution < 1.29 is 14.6 Å². The fourth-order valence-electron chi connectivity index (χ4n) is 2.33. The van der Waals surface area contributed by atoms with Crippen LogP contribution >= 0.6 is 0 Å². The van der Waals surface area contributed by atoms with Gasteiger partial charge in [-0.15, -0.1) is 0 Å². The largest absolute Gasteiger partial charge is 0.491 e.